The highest BCUT2D eigenvalue weighted by Crippen LogP contribution is 2.20. The van der Waals surface area contributed by atoms with Crippen molar-refractivity contribution in [3.05, 3.63) is 46.4 Å². The maximum atomic E-state index is 10.7. The number of hydrogen-bond acceptors (Lipinski definition) is 5. The monoisotopic (exact) mass is 233 g/mol. The fourth-order valence-electron chi connectivity index (χ4n) is 1.41. The Morgan fingerprint density at radius 2 is 2.35 bits per heavy atom. The van der Waals surface area contributed by atoms with Gasteiger partial charge in [0, 0.05) is 25.5 Å². The summed E-state index contributed by atoms with van der Waals surface area (Å²) in [5, 5.41) is 17.8. The molecule has 88 valence electrons. The summed E-state index contributed by atoms with van der Waals surface area (Å²) in [6.45, 7) is 0.401. The molecule has 0 aromatic carbocycles. The summed E-state index contributed by atoms with van der Waals surface area (Å²) < 4.78 is 1.67. The van der Waals surface area contributed by atoms with E-state index in [0.29, 0.717) is 6.54 Å². The number of hydrogen-bond donors (Lipinski definition) is 1. The van der Waals surface area contributed by atoms with Crippen LogP contribution in [-0.4, -0.2) is 19.7 Å². The molecule has 2 aromatic rings. The lowest BCUT2D eigenvalue weighted by atomic mass is 10.3. The van der Waals surface area contributed by atoms with Crippen LogP contribution in [0.5, 0.6) is 0 Å². The lowest BCUT2D eigenvalue weighted by Crippen LogP contribution is -2.05. The quantitative estimate of drug-likeness (QED) is 0.636. The molecule has 0 amide bonds. The zero-order valence-corrected chi connectivity index (χ0v) is 9.20. The third-order valence-corrected chi connectivity index (χ3v) is 2.19. The molecule has 0 spiro atoms. The van der Waals surface area contributed by atoms with Gasteiger partial charge < -0.3 is 5.32 Å². The van der Waals surface area contributed by atoms with Crippen LogP contribution < -0.4 is 5.32 Å². The van der Waals surface area contributed by atoms with E-state index in [9.17, 15) is 10.1 Å². The van der Waals surface area contributed by atoms with Gasteiger partial charge in [-0.1, -0.05) is 0 Å². The molecule has 17 heavy (non-hydrogen) atoms. The maximum Gasteiger partial charge on any atom is 0.311 e. The number of nitrogens with one attached hydrogen (secondary N) is 1. The van der Waals surface area contributed by atoms with Crippen LogP contribution in [0.1, 0.15) is 5.69 Å². The normalized spacial score (nSPS) is 10.2. The summed E-state index contributed by atoms with van der Waals surface area (Å²) in [7, 11) is 1.81. The second kappa shape index (κ2) is 4.60. The Kier molecular flexibility index (Phi) is 2.99. The first-order valence-electron chi connectivity index (χ1n) is 4.98. The molecule has 0 aliphatic rings. The van der Waals surface area contributed by atoms with Crippen molar-refractivity contribution in [3.8, 4) is 0 Å². The minimum Gasteiger partial charge on any atom is -0.359 e. The van der Waals surface area contributed by atoms with Crippen molar-refractivity contribution in [2.75, 3.05) is 5.32 Å². The van der Waals surface area contributed by atoms with Crippen molar-refractivity contribution in [2.45, 2.75) is 6.54 Å². The Labute approximate surface area is 97.2 Å². The fraction of sp³-hybridized carbons (Fsp3) is 0.200. The number of aryl methyl sites for hydroxylation is 1. The summed E-state index contributed by atoms with van der Waals surface area (Å²) in [4.78, 5) is 14.2. The lowest BCUT2D eigenvalue weighted by Gasteiger charge is -2.03. The minimum atomic E-state index is -0.465. The van der Waals surface area contributed by atoms with Gasteiger partial charge in [0.1, 0.15) is 0 Å². The van der Waals surface area contributed by atoms with E-state index in [-0.39, 0.29) is 11.5 Å². The van der Waals surface area contributed by atoms with Gasteiger partial charge in [-0.2, -0.15) is 5.10 Å². The van der Waals surface area contributed by atoms with Crippen molar-refractivity contribution in [1.82, 2.24) is 14.8 Å². The highest BCUT2D eigenvalue weighted by atomic mass is 16.6. The average Bonchev–Trinajstić information content (AvgIpc) is 2.73. The van der Waals surface area contributed by atoms with Gasteiger partial charge in [-0.05, 0) is 12.1 Å². The number of anilines is 1. The van der Waals surface area contributed by atoms with Gasteiger partial charge in [-0.3, -0.25) is 14.8 Å². The molecule has 0 atom stereocenters. The third-order valence-electron chi connectivity index (χ3n) is 2.19. The van der Waals surface area contributed by atoms with Gasteiger partial charge in [0.25, 0.3) is 0 Å². The van der Waals surface area contributed by atoms with Gasteiger partial charge in [0.15, 0.2) is 0 Å². The number of pyridine rings is 1. The Bertz CT molecular complexity index is 537. The van der Waals surface area contributed by atoms with Crippen molar-refractivity contribution >= 4 is 11.5 Å². The molecule has 0 saturated carbocycles. The lowest BCUT2D eigenvalue weighted by molar-refractivity contribution is -0.384. The smallest absolute Gasteiger partial charge is 0.311 e. The van der Waals surface area contributed by atoms with Crippen molar-refractivity contribution in [1.29, 1.82) is 0 Å². The van der Waals surface area contributed by atoms with E-state index in [0.717, 1.165) is 5.69 Å². The molecule has 0 fully saturated rings. The highest BCUT2D eigenvalue weighted by Gasteiger charge is 2.13. The van der Waals surface area contributed by atoms with E-state index in [1.54, 1.807) is 4.68 Å². The second-order valence-corrected chi connectivity index (χ2v) is 3.46. The molecule has 0 aliphatic carbocycles. The highest BCUT2D eigenvalue weighted by molar-refractivity contribution is 5.55. The standard InChI is InChI=1S/C10H11N5O2/c1-14-6-4-8(13-14)7-12-10-9(15(16)17)3-2-5-11-10/h2-6H,7H2,1H3,(H,11,12). The summed E-state index contributed by atoms with van der Waals surface area (Å²) in [5.74, 6) is 0.253. The molecule has 2 rings (SSSR count). The number of nitrogens with zero attached hydrogens (tertiary/aromatic N) is 4. The molecule has 7 nitrogen and oxygen atoms in total. The van der Waals surface area contributed by atoms with Crippen LogP contribution in [0.3, 0.4) is 0 Å². The Balaban J connectivity index is 2.11. The largest absolute Gasteiger partial charge is 0.359 e. The van der Waals surface area contributed by atoms with Crippen LogP contribution in [0.15, 0.2) is 30.6 Å². The molecule has 0 saturated heterocycles. The number of rotatable bonds is 4. The molecular weight excluding hydrogens is 222 g/mol. The topological polar surface area (TPSA) is 85.9 Å². The molecule has 1 N–H and O–H groups in total. The third kappa shape index (κ3) is 2.57. The minimum absolute atomic E-state index is 0.0385. The van der Waals surface area contributed by atoms with E-state index in [2.05, 4.69) is 15.4 Å². The molecule has 0 aliphatic heterocycles. The number of aromatic nitrogens is 3. The van der Waals surface area contributed by atoms with Crippen LogP contribution in [0.25, 0.3) is 0 Å². The van der Waals surface area contributed by atoms with Crippen LogP contribution >= 0.6 is 0 Å². The first-order chi connectivity index (χ1) is 8.16. The van der Waals surface area contributed by atoms with E-state index in [1.165, 1.54) is 18.3 Å². The van der Waals surface area contributed by atoms with E-state index < -0.39 is 4.92 Å². The molecule has 0 unspecified atom stereocenters. The Morgan fingerprint density at radius 3 is 3.00 bits per heavy atom. The van der Waals surface area contributed by atoms with Crippen molar-refractivity contribution in [3.63, 3.8) is 0 Å². The second-order valence-electron chi connectivity index (χ2n) is 3.46. The van der Waals surface area contributed by atoms with Gasteiger partial charge >= 0.3 is 5.69 Å². The first kappa shape index (κ1) is 11.1. The SMILES string of the molecule is Cn1ccc(CNc2ncccc2[N+](=O)[O-])n1. The summed E-state index contributed by atoms with van der Waals surface area (Å²) in [6, 6.07) is 4.78. The Morgan fingerprint density at radius 1 is 1.53 bits per heavy atom. The van der Waals surface area contributed by atoms with Crippen LogP contribution in [0.4, 0.5) is 11.5 Å². The zero-order chi connectivity index (χ0) is 12.3. The van der Waals surface area contributed by atoms with Crippen LogP contribution in [-0.2, 0) is 13.6 Å². The Hall–Kier alpha value is -2.44. The molecule has 0 bridgehead atoms. The van der Waals surface area contributed by atoms with E-state index in [4.69, 9.17) is 0 Å². The van der Waals surface area contributed by atoms with Gasteiger partial charge in [0.2, 0.25) is 5.82 Å². The fourth-order valence-corrected chi connectivity index (χ4v) is 1.41. The molecular formula is C10H11N5O2. The van der Waals surface area contributed by atoms with Crippen LogP contribution in [0, 0.1) is 10.1 Å². The van der Waals surface area contributed by atoms with E-state index in [1.807, 2.05) is 19.3 Å². The summed E-state index contributed by atoms with van der Waals surface area (Å²) in [5.41, 5.74) is 0.760. The maximum absolute atomic E-state index is 10.7. The molecule has 2 heterocycles. The summed E-state index contributed by atoms with van der Waals surface area (Å²) >= 11 is 0. The van der Waals surface area contributed by atoms with Crippen LogP contribution in [0.2, 0.25) is 0 Å². The van der Waals surface area contributed by atoms with E-state index >= 15 is 0 Å². The average molecular weight is 233 g/mol. The zero-order valence-electron chi connectivity index (χ0n) is 9.20. The molecule has 0 radical (unpaired) electrons. The van der Waals surface area contributed by atoms with Crippen molar-refractivity contribution in [2.24, 2.45) is 7.05 Å². The van der Waals surface area contributed by atoms with Gasteiger partial charge in [-0.15, -0.1) is 0 Å². The molecule has 2 aromatic heterocycles. The number of nitro groups is 1. The molecule has 7 heteroatoms. The predicted octanol–water partition coefficient (Wildman–Crippen LogP) is 1.34. The van der Waals surface area contributed by atoms with Gasteiger partial charge in [-0.25, -0.2) is 4.98 Å². The van der Waals surface area contributed by atoms with Gasteiger partial charge in [0.05, 0.1) is 17.2 Å². The predicted molar refractivity (Wildman–Crippen MR) is 61.4 cm³/mol. The first-order valence-corrected chi connectivity index (χ1v) is 4.98. The van der Waals surface area contributed by atoms with Crippen molar-refractivity contribution < 1.29 is 4.92 Å². The summed E-state index contributed by atoms with van der Waals surface area (Å²) in [6.07, 6.45) is 3.32.